The van der Waals surface area contributed by atoms with E-state index in [1.165, 1.54) is 43.6 Å². The summed E-state index contributed by atoms with van der Waals surface area (Å²) >= 11 is 0. The van der Waals surface area contributed by atoms with Gasteiger partial charge >= 0.3 is 0 Å². The SMILES string of the molecule is Cc1ccc(C(N)C(C)N2CC3CCCN3CC2C)cc1. The molecule has 0 saturated carbocycles. The maximum absolute atomic E-state index is 6.56. The van der Waals surface area contributed by atoms with Crippen molar-refractivity contribution in [3.8, 4) is 0 Å². The maximum Gasteiger partial charge on any atom is 0.0450 e. The van der Waals surface area contributed by atoms with Crippen LogP contribution in [0.3, 0.4) is 0 Å². The van der Waals surface area contributed by atoms with Crippen molar-refractivity contribution < 1.29 is 0 Å². The molecule has 2 N–H and O–H groups in total. The molecule has 2 aliphatic heterocycles. The van der Waals surface area contributed by atoms with E-state index >= 15 is 0 Å². The average molecular weight is 287 g/mol. The third-order valence-corrected chi connectivity index (χ3v) is 5.49. The highest BCUT2D eigenvalue weighted by Crippen LogP contribution is 2.29. The number of rotatable bonds is 3. The molecule has 21 heavy (non-hydrogen) atoms. The monoisotopic (exact) mass is 287 g/mol. The minimum absolute atomic E-state index is 0.0982. The normalized spacial score (nSPS) is 30.1. The smallest absolute Gasteiger partial charge is 0.0450 e. The fourth-order valence-electron chi connectivity index (χ4n) is 4.05. The lowest BCUT2D eigenvalue weighted by molar-refractivity contribution is 0.0253. The van der Waals surface area contributed by atoms with Gasteiger partial charge < -0.3 is 5.73 Å². The molecule has 2 aliphatic rings. The Balaban J connectivity index is 1.71. The second-order valence-electron chi connectivity index (χ2n) is 7.01. The van der Waals surface area contributed by atoms with Crippen molar-refractivity contribution in [3.05, 3.63) is 35.4 Å². The van der Waals surface area contributed by atoms with Crippen LogP contribution in [-0.2, 0) is 0 Å². The maximum atomic E-state index is 6.56. The molecule has 0 spiro atoms. The van der Waals surface area contributed by atoms with Crippen molar-refractivity contribution in [2.75, 3.05) is 19.6 Å². The van der Waals surface area contributed by atoms with E-state index in [1.54, 1.807) is 0 Å². The number of hydrogen-bond acceptors (Lipinski definition) is 3. The second-order valence-corrected chi connectivity index (χ2v) is 7.01. The van der Waals surface area contributed by atoms with Crippen molar-refractivity contribution in [1.29, 1.82) is 0 Å². The molecule has 4 atom stereocenters. The first-order chi connectivity index (χ1) is 10.1. The number of aryl methyl sites for hydroxylation is 1. The molecule has 4 unspecified atom stereocenters. The summed E-state index contributed by atoms with van der Waals surface area (Å²) in [5.74, 6) is 0. The molecule has 116 valence electrons. The first kappa shape index (κ1) is 15.0. The van der Waals surface area contributed by atoms with E-state index in [1.807, 2.05) is 0 Å². The standard InChI is InChI=1S/C18H29N3/c1-13-6-8-16(9-7-13)18(19)15(3)21-12-17-5-4-10-20(17)11-14(21)2/h6-9,14-15,17-18H,4-5,10-12,19H2,1-3H3. The zero-order chi connectivity index (χ0) is 15.0. The van der Waals surface area contributed by atoms with Crippen LogP contribution in [0, 0.1) is 6.92 Å². The molecule has 2 saturated heterocycles. The van der Waals surface area contributed by atoms with Crippen molar-refractivity contribution >= 4 is 0 Å². The summed E-state index contributed by atoms with van der Waals surface area (Å²) in [5.41, 5.74) is 9.12. The molecular formula is C18H29N3. The Hall–Kier alpha value is -0.900. The molecule has 0 amide bonds. The summed E-state index contributed by atoms with van der Waals surface area (Å²) in [7, 11) is 0. The molecule has 3 rings (SSSR count). The van der Waals surface area contributed by atoms with Gasteiger partial charge in [0.25, 0.3) is 0 Å². The molecule has 0 aromatic heterocycles. The van der Waals surface area contributed by atoms with E-state index in [2.05, 4.69) is 54.8 Å². The van der Waals surface area contributed by atoms with E-state index in [4.69, 9.17) is 5.73 Å². The highest BCUT2D eigenvalue weighted by molar-refractivity contribution is 5.25. The van der Waals surface area contributed by atoms with Gasteiger partial charge in [0, 0.05) is 37.3 Å². The first-order valence-electron chi connectivity index (χ1n) is 8.38. The Morgan fingerprint density at radius 3 is 2.62 bits per heavy atom. The van der Waals surface area contributed by atoms with Crippen LogP contribution < -0.4 is 5.73 Å². The molecule has 1 aromatic carbocycles. The van der Waals surface area contributed by atoms with Crippen molar-refractivity contribution in [3.63, 3.8) is 0 Å². The Bertz CT molecular complexity index is 470. The van der Waals surface area contributed by atoms with Gasteiger partial charge in [-0.3, -0.25) is 9.80 Å². The molecule has 1 aromatic rings. The number of piperazine rings is 1. The summed E-state index contributed by atoms with van der Waals surface area (Å²) < 4.78 is 0. The zero-order valence-electron chi connectivity index (χ0n) is 13.6. The van der Waals surface area contributed by atoms with E-state index in [-0.39, 0.29) is 6.04 Å². The van der Waals surface area contributed by atoms with Gasteiger partial charge in [0.15, 0.2) is 0 Å². The van der Waals surface area contributed by atoms with E-state index in [9.17, 15) is 0 Å². The Labute approximate surface area is 129 Å². The van der Waals surface area contributed by atoms with Crippen molar-refractivity contribution in [2.24, 2.45) is 5.73 Å². The second kappa shape index (κ2) is 6.07. The van der Waals surface area contributed by atoms with Crippen LogP contribution in [0.4, 0.5) is 0 Å². The third kappa shape index (κ3) is 3.01. The number of nitrogens with zero attached hydrogens (tertiary/aromatic N) is 2. The molecule has 0 bridgehead atoms. The lowest BCUT2D eigenvalue weighted by atomic mass is 9.96. The van der Waals surface area contributed by atoms with Crippen LogP contribution in [0.2, 0.25) is 0 Å². The van der Waals surface area contributed by atoms with Crippen LogP contribution >= 0.6 is 0 Å². The highest BCUT2D eigenvalue weighted by atomic mass is 15.3. The van der Waals surface area contributed by atoms with Crippen LogP contribution in [0.5, 0.6) is 0 Å². The summed E-state index contributed by atoms with van der Waals surface area (Å²) in [5, 5.41) is 0. The minimum Gasteiger partial charge on any atom is -0.323 e. The van der Waals surface area contributed by atoms with Crippen LogP contribution in [-0.4, -0.2) is 47.6 Å². The molecule has 2 fully saturated rings. The van der Waals surface area contributed by atoms with E-state index in [0.29, 0.717) is 12.1 Å². The van der Waals surface area contributed by atoms with Gasteiger partial charge in [-0.25, -0.2) is 0 Å². The molecule has 3 heteroatoms. The topological polar surface area (TPSA) is 32.5 Å². The fraction of sp³-hybridized carbons (Fsp3) is 0.667. The molecule has 0 aliphatic carbocycles. The predicted molar refractivity (Wildman–Crippen MR) is 88.3 cm³/mol. The number of hydrogen-bond donors (Lipinski definition) is 1. The summed E-state index contributed by atoms with van der Waals surface area (Å²) in [6.45, 7) is 10.5. The van der Waals surface area contributed by atoms with Crippen LogP contribution in [0.25, 0.3) is 0 Å². The van der Waals surface area contributed by atoms with Crippen molar-refractivity contribution in [2.45, 2.75) is 57.8 Å². The lowest BCUT2D eigenvalue weighted by Gasteiger charge is -2.46. The Morgan fingerprint density at radius 1 is 1.19 bits per heavy atom. The Kier molecular flexibility index (Phi) is 4.34. The average Bonchev–Trinajstić information content (AvgIpc) is 2.93. The van der Waals surface area contributed by atoms with Gasteiger partial charge in [0.2, 0.25) is 0 Å². The van der Waals surface area contributed by atoms with Crippen LogP contribution in [0.15, 0.2) is 24.3 Å². The summed E-state index contributed by atoms with van der Waals surface area (Å²) in [4.78, 5) is 5.31. The minimum atomic E-state index is 0.0982. The van der Waals surface area contributed by atoms with E-state index in [0.717, 1.165) is 6.04 Å². The van der Waals surface area contributed by atoms with Gasteiger partial charge in [0.05, 0.1) is 0 Å². The molecule has 2 heterocycles. The van der Waals surface area contributed by atoms with Gasteiger partial charge in [-0.05, 0) is 45.7 Å². The number of benzene rings is 1. The van der Waals surface area contributed by atoms with Gasteiger partial charge in [-0.1, -0.05) is 29.8 Å². The number of fused-ring (bicyclic) bond motifs is 1. The fourth-order valence-corrected chi connectivity index (χ4v) is 4.05. The molecule has 0 radical (unpaired) electrons. The zero-order valence-corrected chi connectivity index (χ0v) is 13.6. The lowest BCUT2D eigenvalue weighted by Crippen LogP contribution is -2.59. The van der Waals surface area contributed by atoms with Crippen molar-refractivity contribution in [1.82, 2.24) is 9.80 Å². The van der Waals surface area contributed by atoms with Gasteiger partial charge in [-0.2, -0.15) is 0 Å². The molecular weight excluding hydrogens is 258 g/mol. The summed E-state index contributed by atoms with van der Waals surface area (Å²) in [6, 6.07) is 10.6. The van der Waals surface area contributed by atoms with Crippen LogP contribution in [0.1, 0.15) is 43.9 Å². The number of nitrogens with two attached hydrogens (primary N) is 1. The van der Waals surface area contributed by atoms with Gasteiger partial charge in [0.1, 0.15) is 0 Å². The third-order valence-electron chi connectivity index (χ3n) is 5.49. The molecule has 3 nitrogen and oxygen atoms in total. The van der Waals surface area contributed by atoms with Gasteiger partial charge in [-0.15, -0.1) is 0 Å². The quantitative estimate of drug-likeness (QED) is 0.927. The summed E-state index contributed by atoms with van der Waals surface area (Å²) in [6.07, 6.45) is 2.72. The van der Waals surface area contributed by atoms with E-state index < -0.39 is 0 Å². The predicted octanol–water partition coefficient (Wildman–Crippen LogP) is 2.55. The first-order valence-corrected chi connectivity index (χ1v) is 8.38. The highest BCUT2D eigenvalue weighted by Gasteiger charge is 2.37. The Morgan fingerprint density at radius 2 is 1.90 bits per heavy atom. The largest absolute Gasteiger partial charge is 0.323 e.